The summed E-state index contributed by atoms with van der Waals surface area (Å²) in [6.07, 6.45) is 4.81. The topological polar surface area (TPSA) is 64.9 Å². The molecule has 1 unspecified atom stereocenters. The summed E-state index contributed by atoms with van der Waals surface area (Å²) < 4.78 is 7.78. The highest BCUT2D eigenvalue weighted by Crippen LogP contribution is 2.32. The van der Waals surface area contributed by atoms with E-state index in [-0.39, 0.29) is 6.23 Å². The lowest BCUT2D eigenvalue weighted by Gasteiger charge is -2.23. The van der Waals surface area contributed by atoms with Crippen molar-refractivity contribution in [3.63, 3.8) is 0 Å². The summed E-state index contributed by atoms with van der Waals surface area (Å²) in [5, 5.41) is 4.60. The van der Waals surface area contributed by atoms with Crippen LogP contribution in [0.2, 0.25) is 10.0 Å². The lowest BCUT2D eigenvalue weighted by Crippen LogP contribution is -2.17. The summed E-state index contributed by atoms with van der Waals surface area (Å²) in [5.41, 5.74) is 2.00. The number of hydrogen-bond acceptors (Lipinski definition) is 6. The second kappa shape index (κ2) is 6.99. The number of thiol groups is 1. The molecule has 0 spiro atoms. The summed E-state index contributed by atoms with van der Waals surface area (Å²) in [6.45, 7) is 0.745. The molecule has 1 atom stereocenters. The Labute approximate surface area is 159 Å². The van der Waals surface area contributed by atoms with Crippen molar-refractivity contribution in [2.24, 2.45) is 0 Å². The molecule has 130 valence electrons. The highest BCUT2D eigenvalue weighted by molar-refractivity contribution is 7.80. The van der Waals surface area contributed by atoms with E-state index in [1.54, 1.807) is 24.5 Å². The fourth-order valence-electron chi connectivity index (χ4n) is 2.86. The number of anilines is 2. The third-order valence-corrected chi connectivity index (χ3v) is 4.81. The fourth-order valence-corrected chi connectivity index (χ4v) is 3.51. The molecule has 1 aliphatic heterocycles. The van der Waals surface area contributed by atoms with Crippen molar-refractivity contribution in [1.29, 1.82) is 0 Å². The Morgan fingerprint density at radius 3 is 2.88 bits per heavy atom. The van der Waals surface area contributed by atoms with Gasteiger partial charge >= 0.3 is 0 Å². The minimum absolute atomic E-state index is 0.0617. The van der Waals surface area contributed by atoms with Crippen molar-refractivity contribution < 1.29 is 4.74 Å². The van der Waals surface area contributed by atoms with Crippen molar-refractivity contribution in [3.05, 3.63) is 34.6 Å². The largest absolute Gasteiger partial charge is 0.358 e. The molecule has 25 heavy (non-hydrogen) atoms. The number of nitrogens with one attached hydrogen (secondary N) is 1. The van der Waals surface area contributed by atoms with Crippen molar-refractivity contribution in [2.45, 2.75) is 30.6 Å². The molecule has 0 amide bonds. The van der Waals surface area contributed by atoms with Gasteiger partial charge in [-0.25, -0.2) is 15.0 Å². The Hall–Kier alpha value is -1.54. The van der Waals surface area contributed by atoms with Gasteiger partial charge in [0.15, 0.2) is 22.1 Å². The molecule has 0 radical (unpaired) electrons. The number of rotatable bonds is 3. The predicted molar refractivity (Wildman–Crippen MR) is 101 cm³/mol. The highest BCUT2D eigenvalue weighted by Gasteiger charge is 2.21. The van der Waals surface area contributed by atoms with Gasteiger partial charge in [0.2, 0.25) is 0 Å². The van der Waals surface area contributed by atoms with E-state index in [2.05, 4.69) is 32.9 Å². The van der Waals surface area contributed by atoms with Crippen molar-refractivity contribution in [1.82, 2.24) is 19.5 Å². The highest BCUT2D eigenvalue weighted by atomic mass is 35.5. The van der Waals surface area contributed by atoms with Gasteiger partial charge in [0.25, 0.3) is 0 Å². The third kappa shape index (κ3) is 3.42. The smallest absolute Gasteiger partial charge is 0.188 e. The van der Waals surface area contributed by atoms with Crippen LogP contribution in [0.5, 0.6) is 0 Å². The Balaban J connectivity index is 1.75. The maximum Gasteiger partial charge on any atom is 0.188 e. The normalized spacial score (nSPS) is 17.8. The average Bonchev–Trinajstić information content (AvgIpc) is 3.02. The van der Waals surface area contributed by atoms with Gasteiger partial charge in [0.1, 0.15) is 6.23 Å². The molecule has 1 N–H and O–H groups in total. The van der Waals surface area contributed by atoms with Gasteiger partial charge in [0, 0.05) is 11.6 Å². The zero-order valence-corrected chi connectivity index (χ0v) is 15.5. The molecular formula is C16H15Cl2N5OS. The van der Waals surface area contributed by atoms with Crippen LogP contribution in [-0.2, 0) is 4.74 Å². The first-order valence-corrected chi connectivity index (χ1v) is 9.09. The molecule has 3 aromatic rings. The summed E-state index contributed by atoms with van der Waals surface area (Å²) in [4.78, 5) is 13.3. The van der Waals surface area contributed by atoms with Crippen LogP contribution in [0.4, 0.5) is 11.5 Å². The Morgan fingerprint density at radius 2 is 2.12 bits per heavy atom. The van der Waals surface area contributed by atoms with Gasteiger partial charge in [-0.3, -0.25) is 4.57 Å². The van der Waals surface area contributed by atoms with Crippen LogP contribution in [0, 0.1) is 0 Å². The second-order valence-corrected chi connectivity index (χ2v) is 7.01. The molecule has 9 heteroatoms. The molecule has 1 aliphatic rings. The van der Waals surface area contributed by atoms with E-state index in [1.807, 2.05) is 4.57 Å². The Morgan fingerprint density at radius 1 is 1.24 bits per heavy atom. The van der Waals surface area contributed by atoms with E-state index < -0.39 is 0 Å². The number of nitrogens with zero attached hydrogens (tertiary/aromatic N) is 4. The SMILES string of the molecule is Sc1nc(Nc2ccc(Cl)cc2Cl)c2ncn(C3CCCCO3)c2n1. The number of hydrogen-bond donors (Lipinski definition) is 2. The molecular weight excluding hydrogens is 381 g/mol. The molecule has 1 saturated heterocycles. The van der Waals surface area contributed by atoms with E-state index in [4.69, 9.17) is 27.9 Å². The van der Waals surface area contributed by atoms with Crippen LogP contribution in [0.15, 0.2) is 29.7 Å². The van der Waals surface area contributed by atoms with Crippen LogP contribution in [0.3, 0.4) is 0 Å². The Bertz CT molecular complexity index is 926. The average molecular weight is 396 g/mol. The predicted octanol–water partition coefficient (Wildman–Crippen LogP) is 4.86. The maximum absolute atomic E-state index is 6.24. The number of imidazole rings is 1. The molecule has 1 fully saturated rings. The third-order valence-electron chi connectivity index (χ3n) is 4.06. The van der Waals surface area contributed by atoms with Crippen molar-refractivity contribution >= 4 is 58.5 Å². The van der Waals surface area contributed by atoms with Crippen LogP contribution in [0.25, 0.3) is 11.2 Å². The first kappa shape index (κ1) is 16.9. The molecule has 0 saturated carbocycles. The number of ether oxygens (including phenoxy) is 1. The maximum atomic E-state index is 6.24. The van der Waals surface area contributed by atoms with Crippen LogP contribution in [-0.4, -0.2) is 26.1 Å². The molecule has 4 rings (SSSR count). The van der Waals surface area contributed by atoms with Gasteiger partial charge in [-0.1, -0.05) is 23.2 Å². The van der Waals surface area contributed by atoms with Crippen LogP contribution in [0.1, 0.15) is 25.5 Å². The quantitative estimate of drug-likeness (QED) is 0.489. The molecule has 0 bridgehead atoms. The van der Waals surface area contributed by atoms with Gasteiger partial charge < -0.3 is 10.1 Å². The molecule has 0 aliphatic carbocycles. The van der Waals surface area contributed by atoms with E-state index in [0.29, 0.717) is 37.9 Å². The van der Waals surface area contributed by atoms with E-state index >= 15 is 0 Å². The summed E-state index contributed by atoms with van der Waals surface area (Å²) in [5.74, 6) is 0.536. The molecule has 2 aromatic heterocycles. The minimum Gasteiger partial charge on any atom is -0.358 e. The summed E-state index contributed by atoms with van der Waals surface area (Å²) in [6, 6.07) is 5.21. The van der Waals surface area contributed by atoms with Gasteiger partial charge in [-0.15, -0.1) is 12.6 Å². The molecule has 3 heterocycles. The van der Waals surface area contributed by atoms with Crippen LogP contribution < -0.4 is 5.32 Å². The van der Waals surface area contributed by atoms with Crippen molar-refractivity contribution in [3.8, 4) is 0 Å². The zero-order valence-electron chi connectivity index (χ0n) is 13.1. The number of aromatic nitrogens is 4. The van der Waals surface area contributed by atoms with Crippen LogP contribution >= 0.6 is 35.8 Å². The second-order valence-electron chi connectivity index (χ2n) is 5.77. The van der Waals surface area contributed by atoms with Gasteiger partial charge in [-0.05, 0) is 37.5 Å². The Kier molecular flexibility index (Phi) is 4.73. The first-order chi connectivity index (χ1) is 12.1. The molecule has 6 nitrogen and oxygen atoms in total. The number of benzene rings is 1. The van der Waals surface area contributed by atoms with E-state index in [1.165, 1.54) is 0 Å². The van der Waals surface area contributed by atoms with E-state index in [9.17, 15) is 0 Å². The lowest BCUT2D eigenvalue weighted by molar-refractivity contribution is -0.0298. The number of fused-ring (bicyclic) bond motifs is 1. The monoisotopic (exact) mass is 395 g/mol. The minimum atomic E-state index is -0.0617. The van der Waals surface area contributed by atoms with E-state index in [0.717, 1.165) is 25.9 Å². The lowest BCUT2D eigenvalue weighted by atomic mass is 10.2. The van der Waals surface area contributed by atoms with Gasteiger partial charge in [-0.2, -0.15) is 0 Å². The summed E-state index contributed by atoms with van der Waals surface area (Å²) in [7, 11) is 0. The molecule has 1 aromatic carbocycles. The van der Waals surface area contributed by atoms with Crippen molar-refractivity contribution in [2.75, 3.05) is 11.9 Å². The standard InChI is InChI=1S/C16H15Cl2N5OS/c17-9-4-5-11(10(18)7-9)20-14-13-15(22-16(25)21-14)23(8-19-13)12-3-1-2-6-24-12/h4-5,7-8,12H,1-3,6H2,(H2,20,21,22,25). The fraction of sp³-hybridized carbons (Fsp3) is 0.312. The zero-order chi connectivity index (χ0) is 17.4. The first-order valence-electron chi connectivity index (χ1n) is 7.89. The summed E-state index contributed by atoms with van der Waals surface area (Å²) >= 11 is 16.5. The van der Waals surface area contributed by atoms with Gasteiger partial charge in [0.05, 0.1) is 17.0 Å². The number of halogens is 2.